The zero-order valence-electron chi connectivity index (χ0n) is 13.8. The minimum Gasteiger partial charge on any atom is -0.307 e. The van der Waals surface area contributed by atoms with E-state index in [-0.39, 0.29) is 5.91 Å². The third-order valence-electron chi connectivity index (χ3n) is 4.05. The van der Waals surface area contributed by atoms with Gasteiger partial charge in [-0.2, -0.15) is 0 Å². The quantitative estimate of drug-likeness (QED) is 0.836. The Kier molecular flexibility index (Phi) is 4.06. The minimum absolute atomic E-state index is 0.256. The van der Waals surface area contributed by atoms with Crippen molar-refractivity contribution in [2.24, 2.45) is 4.99 Å². The molecule has 0 unspecified atom stereocenters. The maximum Gasteiger partial charge on any atom is 0.258 e. The molecule has 6 heteroatoms. The monoisotopic (exact) mass is 341 g/mol. The maximum atomic E-state index is 12.6. The van der Waals surface area contributed by atoms with Crippen molar-refractivity contribution in [2.45, 2.75) is 0 Å². The number of amides is 1. The predicted molar refractivity (Wildman–Crippen MR) is 98.5 cm³/mol. The molecule has 0 fully saturated rings. The second-order valence-corrected chi connectivity index (χ2v) is 5.71. The SMILES string of the molecule is C#CC1=C2N=C(c3ccccc3)C=C(NC(=O)c3cccnc3)N2NC1. The van der Waals surface area contributed by atoms with Crippen molar-refractivity contribution in [3.8, 4) is 12.3 Å². The zero-order chi connectivity index (χ0) is 17.9. The Morgan fingerprint density at radius 1 is 1.23 bits per heavy atom. The van der Waals surface area contributed by atoms with E-state index < -0.39 is 0 Å². The van der Waals surface area contributed by atoms with E-state index in [0.717, 1.165) is 16.8 Å². The van der Waals surface area contributed by atoms with E-state index in [1.807, 2.05) is 36.4 Å². The highest BCUT2D eigenvalue weighted by Gasteiger charge is 2.29. The summed E-state index contributed by atoms with van der Waals surface area (Å²) in [6.45, 7) is 0.484. The highest BCUT2D eigenvalue weighted by molar-refractivity contribution is 6.10. The lowest BCUT2D eigenvalue weighted by molar-refractivity contribution is 0.0950. The summed E-state index contributed by atoms with van der Waals surface area (Å²) in [7, 11) is 0. The highest BCUT2D eigenvalue weighted by atomic mass is 16.1. The first-order valence-corrected chi connectivity index (χ1v) is 8.07. The van der Waals surface area contributed by atoms with Gasteiger partial charge in [0.1, 0.15) is 5.82 Å². The van der Waals surface area contributed by atoms with Gasteiger partial charge in [0.05, 0.1) is 23.4 Å². The predicted octanol–water partition coefficient (Wildman–Crippen LogP) is 1.82. The van der Waals surface area contributed by atoms with Crippen molar-refractivity contribution >= 4 is 11.6 Å². The van der Waals surface area contributed by atoms with Crippen LogP contribution in [0.5, 0.6) is 0 Å². The van der Waals surface area contributed by atoms with Gasteiger partial charge < -0.3 is 5.32 Å². The number of fused-ring (bicyclic) bond motifs is 1. The first kappa shape index (κ1) is 15.8. The molecule has 1 aromatic heterocycles. The Morgan fingerprint density at radius 3 is 2.81 bits per heavy atom. The Balaban J connectivity index is 1.72. The smallest absolute Gasteiger partial charge is 0.258 e. The van der Waals surface area contributed by atoms with E-state index in [1.165, 1.54) is 6.20 Å². The molecule has 0 radical (unpaired) electrons. The van der Waals surface area contributed by atoms with Gasteiger partial charge in [-0.1, -0.05) is 36.3 Å². The molecule has 1 aromatic carbocycles. The molecule has 2 aliphatic rings. The Morgan fingerprint density at radius 2 is 2.08 bits per heavy atom. The number of carbonyl (C=O) groups is 1. The van der Waals surface area contributed by atoms with E-state index in [4.69, 9.17) is 6.42 Å². The van der Waals surface area contributed by atoms with Gasteiger partial charge in [-0.3, -0.25) is 9.78 Å². The molecule has 2 aromatic rings. The Bertz CT molecular complexity index is 984. The summed E-state index contributed by atoms with van der Waals surface area (Å²) in [6, 6.07) is 13.2. The van der Waals surface area contributed by atoms with Gasteiger partial charge in [0.15, 0.2) is 5.82 Å². The molecule has 0 saturated carbocycles. The molecule has 2 aliphatic heterocycles. The average molecular weight is 341 g/mol. The third kappa shape index (κ3) is 2.88. The van der Waals surface area contributed by atoms with Gasteiger partial charge in [0.2, 0.25) is 0 Å². The molecule has 0 atom stereocenters. The summed E-state index contributed by atoms with van der Waals surface area (Å²) in [5.74, 6) is 3.59. The van der Waals surface area contributed by atoms with Crippen LogP contribution in [0.15, 0.2) is 83.1 Å². The highest BCUT2D eigenvalue weighted by Crippen LogP contribution is 2.25. The molecule has 2 N–H and O–H groups in total. The van der Waals surface area contributed by atoms with E-state index >= 15 is 0 Å². The molecular formula is C20H15N5O. The molecule has 0 bridgehead atoms. The molecular weight excluding hydrogens is 326 g/mol. The number of nitrogens with one attached hydrogen (secondary N) is 2. The van der Waals surface area contributed by atoms with Gasteiger partial charge in [0.25, 0.3) is 5.91 Å². The number of allylic oxidation sites excluding steroid dienone is 1. The largest absolute Gasteiger partial charge is 0.307 e. The summed E-state index contributed by atoms with van der Waals surface area (Å²) < 4.78 is 0. The van der Waals surface area contributed by atoms with Crippen LogP contribution in [0.2, 0.25) is 0 Å². The fourth-order valence-corrected chi connectivity index (χ4v) is 2.75. The lowest BCUT2D eigenvalue weighted by atomic mass is 10.1. The van der Waals surface area contributed by atoms with Crippen LogP contribution in [0.25, 0.3) is 0 Å². The van der Waals surface area contributed by atoms with E-state index in [1.54, 1.807) is 23.3 Å². The third-order valence-corrected chi connectivity index (χ3v) is 4.05. The number of aromatic nitrogens is 1. The zero-order valence-corrected chi connectivity index (χ0v) is 13.8. The second kappa shape index (κ2) is 6.67. The average Bonchev–Trinajstić information content (AvgIpc) is 3.12. The molecule has 26 heavy (non-hydrogen) atoms. The van der Waals surface area contributed by atoms with E-state index in [2.05, 4.69) is 26.6 Å². The lowest BCUT2D eigenvalue weighted by Gasteiger charge is -2.27. The molecule has 6 nitrogen and oxygen atoms in total. The number of rotatable bonds is 3. The Labute approximate surface area is 150 Å². The van der Waals surface area contributed by atoms with Crippen LogP contribution in [0.1, 0.15) is 15.9 Å². The molecule has 1 amide bonds. The van der Waals surface area contributed by atoms with E-state index in [9.17, 15) is 4.79 Å². The number of terminal acetylenes is 1. The van der Waals surface area contributed by atoms with Crippen LogP contribution in [-0.2, 0) is 0 Å². The number of aliphatic imine (C=N–C) groups is 1. The first-order valence-electron chi connectivity index (χ1n) is 8.07. The number of hydrazine groups is 1. The first-order chi connectivity index (χ1) is 12.8. The number of hydrogen-bond donors (Lipinski definition) is 2. The summed E-state index contributed by atoms with van der Waals surface area (Å²) >= 11 is 0. The lowest BCUT2D eigenvalue weighted by Crippen LogP contribution is -2.41. The Hall–Kier alpha value is -3.69. The van der Waals surface area contributed by atoms with Gasteiger partial charge in [0, 0.05) is 24.0 Å². The standard InChI is InChI=1S/C20H15N5O/c1-2-14-13-22-25-18(24-20(26)16-9-6-10-21-12-16)11-17(23-19(14)25)15-7-4-3-5-8-15/h1,3-12,22H,13H2,(H,24,26). The van der Waals surface area contributed by atoms with Crippen LogP contribution in [0.3, 0.4) is 0 Å². The minimum atomic E-state index is -0.256. The summed E-state index contributed by atoms with van der Waals surface area (Å²) in [5.41, 5.74) is 6.03. The normalized spacial score (nSPS) is 15.7. The van der Waals surface area contributed by atoms with Gasteiger partial charge in [-0.05, 0) is 12.1 Å². The fourth-order valence-electron chi connectivity index (χ4n) is 2.75. The maximum absolute atomic E-state index is 12.6. The van der Waals surface area contributed by atoms with Crippen LogP contribution < -0.4 is 10.7 Å². The van der Waals surface area contributed by atoms with Crippen LogP contribution in [-0.4, -0.2) is 28.2 Å². The second-order valence-electron chi connectivity index (χ2n) is 5.71. The van der Waals surface area contributed by atoms with Gasteiger partial charge in [-0.15, -0.1) is 6.42 Å². The number of nitrogens with zero attached hydrogens (tertiary/aromatic N) is 3. The summed E-state index contributed by atoms with van der Waals surface area (Å²) in [5, 5.41) is 4.62. The van der Waals surface area contributed by atoms with Crippen LogP contribution in [0, 0.1) is 12.3 Å². The molecule has 0 spiro atoms. The van der Waals surface area contributed by atoms with Crippen molar-refractivity contribution in [3.05, 3.63) is 89.3 Å². The van der Waals surface area contributed by atoms with Crippen molar-refractivity contribution in [1.82, 2.24) is 20.7 Å². The molecule has 3 heterocycles. The van der Waals surface area contributed by atoms with Crippen LogP contribution >= 0.6 is 0 Å². The number of hydrogen-bond acceptors (Lipinski definition) is 5. The molecule has 126 valence electrons. The van der Waals surface area contributed by atoms with Crippen molar-refractivity contribution in [3.63, 3.8) is 0 Å². The van der Waals surface area contributed by atoms with Crippen molar-refractivity contribution in [1.29, 1.82) is 0 Å². The van der Waals surface area contributed by atoms with Crippen LogP contribution in [0.4, 0.5) is 0 Å². The van der Waals surface area contributed by atoms with E-state index in [0.29, 0.717) is 23.8 Å². The van der Waals surface area contributed by atoms with Gasteiger partial charge in [-0.25, -0.2) is 15.4 Å². The number of benzene rings is 1. The summed E-state index contributed by atoms with van der Waals surface area (Å²) in [4.78, 5) is 21.2. The molecule has 0 aliphatic carbocycles. The molecule has 0 saturated heterocycles. The van der Waals surface area contributed by atoms with Crippen molar-refractivity contribution in [2.75, 3.05) is 6.54 Å². The van der Waals surface area contributed by atoms with Gasteiger partial charge >= 0.3 is 0 Å². The van der Waals surface area contributed by atoms with Crippen molar-refractivity contribution < 1.29 is 4.79 Å². The molecule has 4 rings (SSSR count). The topological polar surface area (TPSA) is 69.6 Å². The number of pyridine rings is 1. The fraction of sp³-hybridized carbons (Fsp3) is 0.0500. The summed E-state index contributed by atoms with van der Waals surface area (Å²) in [6.07, 6.45) is 10.6. The number of carbonyl (C=O) groups excluding carboxylic acids is 1.